The van der Waals surface area contributed by atoms with E-state index in [1.165, 1.54) is 17.0 Å². The van der Waals surface area contributed by atoms with Gasteiger partial charge in [0.15, 0.2) is 12.4 Å². The van der Waals surface area contributed by atoms with Crippen LogP contribution in [-0.4, -0.2) is 36.5 Å². The molecular formula is C18H20N2O5. The summed E-state index contributed by atoms with van der Waals surface area (Å²) in [7, 11) is 3.23. The summed E-state index contributed by atoms with van der Waals surface area (Å²) < 4.78 is 10.5. The van der Waals surface area contributed by atoms with Crippen LogP contribution < -0.4 is 9.47 Å². The van der Waals surface area contributed by atoms with E-state index in [0.717, 1.165) is 11.1 Å². The number of rotatable bonds is 7. The molecule has 0 radical (unpaired) electrons. The van der Waals surface area contributed by atoms with E-state index in [9.17, 15) is 14.9 Å². The monoisotopic (exact) mass is 344 g/mol. The Kier molecular flexibility index (Phi) is 5.94. The molecule has 0 spiro atoms. The van der Waals surface area contributed by atoms with E-state index < -0.39 is 4.92 Å². The predicted molar refractivity (Wildman–Crippen MR) is 92.8 cm³/mol. The summed E-state index contributed by atoms with van der Waals surface area (Å²) in [6, 6.07) is 12.0. The van der Waals surface area contributed by atoms with E-state index in [0.29, 0.717) is 12.3 Å². The molecule has 0 fully saturated rings. The molecular weight excluding hydrogens is 324 g/mol. The Morgan fingerprint density at radius 2 is 2.00 bits per heavy atom. The van der Waals surface area contributed by atoms with Gasteiger partial charge in [-0.15, -0.1) is 0 Å². The summed E-state index contributed by atoms with van der Waals surface area (Å²) in [4.78, 5) is 24.3. The van der Waals surface area contributed by atoms with Crippen LogP contribution in [-0.2, 0) is 11.3 Å². The lowest BCUT2D eigenvalue weighted by Crippen LogP contribution is -2.31. The SMILES string of the molecule is COc1cccc(CN(C)C(=O)COc2ccc(C)cc2[N+](=O)[O-])c1. The van der Waals surface area contributed by atoms with E-state index in [4.69, 9.17) is 9.47 Å². The fourth-order valence-electron chi connectivity index (χ4n) is 2.27. The van der Waals surface area contributed by atoms with Crippen LogP contribution in [0.1, 0.15) is 11.1 Å². The minimum atomic E-state index is -0.521. The number of carbonyl (C=O) groups excluding carboxylic acids is 1. The number of amides is 1. The average molecular weight is 344 g/mol. The van der Waals surface area contributed by atoms with E-state index in [1.54, 1.807) is 27.1 Å². The van der Waals surface area contributed by atoms with E-state index in [-0.39, 0.29) is 24.0 Å². The Hall–Kier alpha value is -3.09. The number of aryl methyl sites for hydroxylation is 1. The minimum absolute atomic E-state index is 0.0822. The van der Waals surface area contributed by atoms with Crippen molar-refractivity contribution in [2.45, 2.75) is 13.5 Å². The third-order valence-corrected chi connectivity index (χ3v) is 3.64. The number of methoxy groups -OCH3 is 1. The molecule has 7 nitrogen and oxygen atoms in total. The normalized spacial score (nSPS) is 10.2. The number of carbonyl (C=O) groups is 1. The average Bonchev–Trinajstić information content (AvgIpc) is 2.60. The van der Waals surface area contributed by atoms with Crippen molar-refractivity contribution in [3.63, 3.8) is 0 Å². The van der Waals surface area contributed by atoms with E-state index in [1.807, 2.05) is 24.3 Å². The molecule has 2 aromatic carbocycles. The van der Waals surface area contributed by atoms with Gasteiger partial charge in [0.25, 0.3) is 5.91 Å². The zero-order valence-corrected chi connectivity index (χ0v) is 14.4. The van der Waals surface area contributed by atoms with Gasteiger partial charge in [-0.25, -0.2) is 0 Å². The molecule has 1 amide bonds. The molecule has 7 heteroatoms. The highest BCUT2D eigenvalue weighted by Gasteiger charge is 2.17. The second-order valence-electron chi connectivity index (χ2n) is 5.62. The number of nitro benzene ring substituents is 1. The van der Waals surface area contributed by atoms with Crippen LogP contribution in [0.25, 0.3) is 0 Å². The van der Waals surface area contributed by atoms with Crippen molar-refractivity contribution in [2.24, 2.45) is 0 Å². The second kappa shape index (κ2) is 8.14. The fourth-order valence-corrected chi connectivity index (χ4v) is 2.27. The van der Waals surface area contributed by atoms with Gasteiger partial charge in [-0.1, -0.05) is 18.2 Å². The van der Waals surface area contributed by atoms with Crippen LogP contribution >= 0.6 is 0 Å². The molecule has 0 atom stereocenters. The van der Waals surface area contributed by atoms with Gasteiger partial charge < -0.3 is 14.4 Å². The first-order valence-electron chi connectivity index (χ1n) is 7.65. The van der Waals surface area contributed by atoms with Crippen molar-refractivity contribution in [1.29, 1.82) is 0 Å². The van der Waals surface area contributed by atoms with Crippen LogP contribution in [0.5, 0.6) is 11.5 Å². The van der Waals surface area contributed by atoms with Crippen LogP contribution in [0.4, 0.5) is 5.69 Å². The minimum Gasteiger partial charge on any atom is -0.497 e. The van der Waals surface area contributed by atoms with Gasteiger partial charge >= 0.3 is 5.69 Å². The lowest BCUT2D eigenvalue weighted by molar-refractivity contribution is -0.385. The first-order chi connectivity index (χ1) is 11.9. The van der Waals surface area contributed by atoms with Crippen molar-refractivity contribution < 1.29 is 19.2 Å². The van der Waals surface area contributed by atoms with Crippen LogP contribution in [0.2, 0.25) is 0 Å². The van der Waals surface area contributed by atoms with Gasteiger partial charge in [-0.2, -0.15) is 0 Å². The second-order valence-corrected chi connectivity index (χ2v) is 5.62. The summed E-state index contributed by atoms with van der Waals surface area (Å²) in [6.07, 6.45) is 0. The van der Waals surface area contributed by atoms with Gasteiger partial charge in [0.05, 0.1) is 12.0 Å². The molecule has 25 heavy (non-hydrogen) atoms. The summed E-state index contributed by atoms with van der Waals surface area (Å²) in [5.74, 6) is 0.515. The zero-order valence-electron chi connectivity index (χ0n) is 14.4. The van der Waals surface area contributed by atoms with Gasteiger partial charge in [0, 0.05) is 19.7 Å². The summed E-state index contributed by atoms with van der Waals surface area (Å²) in [5.41, 5.74) is 1.51. The van der Waals surface area contributed by atoms with Crippen molar-refractivity contribution >= 4 is 11.6 Å². The number of likely N-dealkylation sites (N-methyl/N-ethyl adjacent to an activating group) is 1. The molecule has 0 aliphatic carbocycles. The maximum Gasteiger partial charge on any atom is 0.311 e. The van der Waals surface area contributed by atoms with E-state index >= 15 is 0 Å². The van der Waals surface area contributed by atoms with Gasteiger partial charge in [0.1, 0.15) is 5.75 Å². The highest BCUT2D eigenvalue weighted by Crippen LogP contribution is 2.27. The molecule has 0 aliphatic rings. The van der Waals surface area contributed by atoms with Gasteiger partial charge in [-0.3, -0.25) is 14.9 Å². The molecule has 0 saturated heterocycles. The van der Waals surface area contributed by atoms with Crippen molar-refractivity contribution in [2.75, 3.05) is 20.8 Å². The Bertz CT molecular complexity index is 776. The first kappa shape index (κ1) is 18.3. The standard InChI is InChI=1S/C18H20N2O5/c1-13-7-8-17(16(9-13)20(22)23)25-12-18(21)19(2)11-14-5-4-6-15(10-14)24-3/h4-10H,11-12H2,1-3H3. The van der Waals surface area contributed by atoms with E-state index in [2.05, 4.69) is 0 Å². The fraction of sp³-hybridized carbons (Fsp3) is 0.278. The highest BCUT2D eigenvalue weighted by molar-refractivity contribution is 5.77. The van der Waals surface area contributed by atoms with Crippen molar-refractivity contribution in [3.05, 3.63) is 63.7 Å². The van der Waals surface area contributed by atoms with Crippen molar-refractivity contribution in [3.8, 4) is 11.5 Å². The van der Waals surface area contributed by atoms with Gasteiger partial charge in [0.2, 0.25) is 0 Å². The Morgan fingerprint density at radius 3 is 2.68 bits per heavy atom. The molecule has 0 heterocycles. The van der Waals surface area contributed by atoms with Gasteiger partial charge in [-0.05, 0) is 36.2 Å². The Morgan fingerprint density at radius 1 is 1.24 bits per heavy atom. The number of ether oxygens (including phenoxy) is 2. The topological polar surface area (TPSA) is 81.9 Å². The predicted octanol–water partition coefficient (Wildman–Crippen LogP) is 2.95. The third kappa shape index (κ3) is 4.94. The molecule has 0 bridgehead atoms. The Balaban J connectivity index is 1.99. The maximum absolute atomic E-state index is 12.2. The molecule has 2 rings (SSSR count). The molecule has 132 valence electrons. The van der Waals surface area contributed by atoms with Crippen molar-refractivity contribution in [1.82, 2.24) is 4.90 Å². The smallest absolute Gasteiger partial charge is 0.311 e. The summed E-state index contributed by atoms with van der Waals surface area (Å²) >= 11 is 0. The lowest BCUT2D eigenvalue weighted by Gasteiger charge is -2.18. The molecule has 0 unspecified atom stereocenters. The molecule has 2 aromatic rings. The number of hydrogen-bond acceptors (Lipinski definition) is 5. The number of nitrogens with zero attached hydrogens (tertiary/aromatic N) is 2. The number of benzene rings is 2. The Labute approximate surface area is 145 Å². The summed E-state index contributed by atoms with van der Waals surface area (Å²) in [5, 5.41) is 11.1. The number of nitro groups is 1. The quantitative estimate of drug-likeness (QED) is 0.570. The zero-order chi connectivity index (χ0) is 18.4. The largest absolute Gasteiger partial charge is 0.497 e. The third-order valence-electron chi connectivity index (χ3n) is 3.64. The van der Waals surface area contributed by atoms with Crippen LogP contribution in [0.3, 0.4) is 0 Å². The van der Waals surface area contributed by atoms with Crippen LogP contribution in [0, 0.1) is 17.0 Å². The molecule has 0 aliphatic heterocycles. The number of hydrogen-bond donors (Lipinski definition) is 0. The molecule has 0 aromatic heterocycles. The lowest BCUT2D eigenvalue weighted by atomic mass is 10.2. The summed E-state index contributed by atoms with van der Waals surface area (Å²) in [6.45, 7) is 1.86. The molecule has 0 N–H and O–H groups in total. The van der Waals surface area contributed by atoms with Crippen LogP contribution in [0.15, 0.2) is 42.5 Å². The molecule has 0 saturated carbocycles. The maximum atomic E-state index is 12.2. The highest BCUT2D eigenvalue weighted by atomic mass is 16.6. The first-order valence-corrected chi connectivity index (χ1v) is 7.65.